The summed E-state index contributed by atoms with van der Waals surface area (Å²) in [7, 11) is 5.97. The van der Waals surface area contributed by atoms with E-state index in [-0.39, 0.29) is 5.57 Å². The molecule has 0 unspecified atom stereocenters. The number of carboxylic acids is 1. The number of hydrogen-bond donors (Lipinski definition) is 2. The first-order valence-corrected chi connectivity index (χ1v) is 7.64. The fourth-order valence-corrected chi connectivity index (χ4v) is 2.50. The highest BCUT2D eigenvalue weighted by Gasteiger charge is 2.17. The van der Waals surface area contributed by atoms with Crippen molar-refractivity contribution >= 4 is 23.3 Å². The van der Waals surface area contributed by atoms with Gasteiger partial charge in [-0.25, -0.2) is 4.79 Å². The lowest BCUT2D eigenvalue weighted by atomic mass is 10.0. The molecule has 0 saturated carbocycles. The fourth-order valence-electron chi connectivity index (χ4n) is 2.50. The Hall–Kier alpha value is -3.35. The van der Waals surface area contributed by atoms with Crippen molar-refractivity contribution in [1.82, 2.24) is 0 Å². The summed E-state index contributed by atoms with van der Waals surface area (Å²) >= 11 is 0. The summed E-state index contributed by atoms with van der Waals surface area (Å²) in [4.78, 5) is 11.8. The monoisotopic (exact) mass is 359 g/mol. The molecule has 0 aliphatic carbocycles. The second-order valence-corrected chi connectivity index (χ2v) is 5.28. The van der Waals surface area contributed by atoms with E-state index in [1.54, 1.807) is 30.3 Å². The summed E-state index contributed by atoms with van der Waals surface area (Å²) in [6, 6.07) is 8.15. The number of nitrogens with two attached hydrogens (primary N) is 1. The first kappa shape index (κ1) is 19.0. The number of carboxylic acid groups (broad SMARTS) is 1. The Morgan fingerprint density at radius 3 is 2.04 bits per heavy atom. The molecule has 0 heterocycles. The molecule has 0 bridgehead atoms. The number of aliphatic carboxylic acids is 1. The number of ether oxygens (including phenoxy) is 4. The lowest BCUT2D eigenvalue weighted by Gasteiger charge is -2.14. The van der Waals surface area contributed by atoms with Gasteiger partial charge in [0, 0.05) is 11.3 Å². The predicted molar refractivity (Wildman–Crippen MR) is 99.0 cm³/mol. The summed E-state index contributed by atoms with van der Waals surface area (Å²) in [6.45, 7) is 0. The molecule has 0 atom stereocenters. The number of rotatable bonds is 7. The van der Waals surface area contributed by atoms with Crippen LogP contribution in [0.4, 0.5) is 5.69 Å². The number of benzene rings is 2. The van der Waals surface area contributed by atoms with Gasteiger partial charge in [0.1, 0.15) is 5.75 Å². The van der Waals surface area contributed by atoms with Crippen molar-refractivity contribution in [3.63, 3.8) is 0 Å². The predicted octanol–water partition coefficient (Wildman–Crippen LogP) is 2.93. The van der Waals surface area contributed by atoms with Gasteiger partial charge in [-0.05, 0) is 42.0 Å². The van der Waals surface area contributed by atoms with Crippen LogP contribution in [-0.4, -0.2) is 39.5 Å². The molecule has 0 radical (unpaired) electrons. The van der Waals surface area contributed by atoms with E-state index in [4.69, 9.17) is 24.7 Å². The molecule has 0 aliphatic heterocycles. The van der Waals surface area contributed by atoms with E-state index >= 15 is 0 Å². The van der Waals surface area contributed by atoms with Gasteiger partial charge in [0.2, 0.25) is 5.75 Å². The summed E-state index contributed by atoms with van der Waals surface area (Å²) in [6.07, 6.45) is 1.48. The molecule has 0 saturated heterocycles. The maximum Gasteiger partial charge on any atom is 0.336 e. The number of anilines is 1. The van der Waals surface area contributed by atoms with Gasteiger partial charge in [0.25, 0.3) is 0 Å². The van der Waals surface area contributed by atoms with Gasteiger partial charge >= 0.3 is 5.97 Å². The Morgan fingerprint density at radius 1 is 0.962 bits per heavy atom. The summed E-state index contributed by atoms with van der Waals surface area (Å²) in [5, 5.41) is 9.68. The quantitative estimate of drug-likeness (QED) is 0.445. The average molecular weight is 359 g/mol. The maximum atomic E-state index is 11.8. The van der Waals surface area contributed by atoms with Crippen LogP contribution < -0.4 is 24.7 Å². The van der Waals surface area contributed by atoms with Gasteiger partial charge < -0.3 is 29.8 Å². The highest BCUT2D eigenvalue weighted by Crippen LogP contribution is 2.39. The molecule has 26 heavy (non-hydrogen) atoms. The maximum absolute atomic E-state index is 11.8. The minimum absolute atomic E-state index is 0.00988. The van der Waals surface area contributed by atoms with Gasteiger partial charge in [-0.3, -0.25) is 0 Å². The molecule has 2 aromatic rings. The van der Waals surface area contributed by atoms with Crippen molar-refractivity contribution in [2.24, 2.45) is 0 Å². The zero-order chi connectivity index (χ0) is 19.3. The molecule has 2 rings (SSSR count). The Balaban J connectivity index is 2.65. The molecule has 0 amide bonds. The summed E-state index contributed by atoms with van der Waals surface area (Å²) < 4.78 is 21.0. The largest absolute Gasteiger partial charge is 0.497 e. The van der Waals surface area contributed by atoms with Crippen LogP contribution >= 0.6 is 0 Å². The van der Waals surface area contributed by atoms with Gasteiger partial charge in [-0.1, -0.05) is 0 Å². The minimum atomic E-state index is -1.13. The van der Waals surface area contributed by atoms with Crippen LogP contribution in [0.25, 0.3) is 11.6 Å². The molecule has 0 aromatic heterocycles. The summed E-state index contributed by atoms with van der Waals surface area (Å²) in [5.74, 6) is 0.637. The lowest BCUT2D eigenvalue weighted by molar-refractivity contribution is -0.130. The van der Waals surface area contributed by atoms with Crippen molar-refractivity contribution in [3.8, 4) is 23.0 Å². The Bertz CT molecular complexity index is 819. The van der Waals surface area contributed by atoms with E-state index in [0.717, 1.165) is 0 Å². The molecule has 138 valence electrons. The van der Waals surface area contributed by atoms with Crippen LogP contribution in [0.3, 0.4) is 0 Å². The molecular weight excluding hydrogens is 338 g/mol. The van der Waals surface area contributed by atoms with Crippen molar-refractivity contribution in [3.05, 3.63) is 41.5 Å². The molecule has 0 aliphatic rings. The normalized spacial score (nSPS) is 11.0. The van der Waals surface area contributed by atoms with Crippen LogP contribution in [-0.2, 0) is 4.79 Å². The molecular formula is C19H21NO6. The van der Waals surface area contributed by atoms with Crippen LogP contribution in [0.1, 0.15) is 11.1 Å². The van der Waals surface area contributed by atoms with Gasteiger partial charge in [0.15, 0.2) is 11.5 Å². The van der Waals surface area contributed by atoms with Crippen LogP contribution in [0.2, 0.25) is 0 Å². The van der Waals surface area contributed by atoms with E-state index in [1.165, 1.54) is 34.5 Å². The van der Waals surface area contributed by atoms with E-state index in [9.17, 15) is 9.90 Å². The van der Waals surface area contributed by atoms with Gasteiger partial charge in [-0.15, -0.1) is 0 Å². The second-order valence-electron chi connectivity index (χ2n) is 5.28. The third-order valence-electron chi connectivity index (χ3n) is 3.78. The van der Waals surface area contributed by atoms with Gasteiger partial charge in [0.05, 0.1) is 34.0 Å². The number of methoxy groups -OCH3 is 4. The molecule has 0 fully saturated rings. The third-order valence-corrected chi connectivity index (χ3v) is 3.78. The number of hydrogen-bond acceptors (Lipinski definition) is 6. The highest BCUT2D eigenvalue weighted by atomic mass is 16.5. The zero-order valence-electron chi connectivity index (χ0n) is 15.0. The van der Waals surface area contributed by atoms with E-state index in [2.05, 4.69) is 0 Å². The fraction of sp³-hybridized carbons (Fsp3) is 0.211. The molecule has 0 spiro atoms. The van der Waals surface area contributed by atoms with Crippen molar-refractivity contribution in [2.75, 3.05) is 34.2 Å². The molecule has 3 N–H and O–H groups in total. The standard InChI is InChI=1S/C19H21NO6/c1-23-12-5-6-15(20)13(10-12)14(19(21)22)7-11-8-16(24-2)18(26-4)17(9-11)25-3/h5-10H,20H2,1-4H3,(H,21,22). The van der Waals surface area contributed by atoms with Crippen LogP contribution in [0, 0.1) is 0 Å². The van der Waals surface area contributed by atoms with Gasteiger partial charge in [-0.2, -0.15) is 0 Å². The zero-order valence-corrected chi connectivity index (χ0v) is 15.0. The third kappa shape index (κ3) is 3.83. The van der Waals surface area contributed by atoms with Crippen LogP contribution in [0.15, 0.2) is 30.3 Å². The van der Waals surface area contributed by atoms with E-state index in [1.807, 2.05) is 0 Å². The Morgan fingerprint density at radius 2 is 1.58 bits per heavy atom. The molecule has 7 nitrogen and oxygen atoms in total. The first-order valence-electron chi connectivity index (χ1n) is 7.64. The average Bonchev–Trinajstić information content (AvgIpc) is 2.65. The smallest absolute Gasteiger partial charge is 0.336 e. The summed E-state index contributed by atoms with van der Waals surface area (Å²) in [5.41, 5.74) is 7.21. The number of nitrogen functional groups attached to an aromatic ring is 1. The SMILES string of the molecule is COc1ccc(N)c(C(=Cc2cc(OC)c(OC)c(OC)c2)C(=O)O)c1. The topological polar surface area (TPSA) is 100 Å². The second kappa shape index (κ2) is 8.15. The molecule has 7 heteroatoms. The number of carbonyl (C=O) groups is 1. The minimum Gasteiger partial charge on any atom is -0.497 e. The Kier molecular flexibility index (Phi) is 5.95. The highest BCUT2D eigenvalue weighted by molar-refractivity contribution is 6.22. The lowest BCUT2D eigenvalue weighted by Crippen LogP contribution is -2.04. The van der Waals surface area contributed by atoms with Crippen molar-refractivity contribution in [1.29, 1.82) is 0 Å². The van der Waals surface area contributed by atoms with Crippen molar-refractivity contribution < 1.29 is 28.8 Å². The van der Waals surface area contributed by atoms with Crippen LogP contribution in [0.5, 0.6) is 23.0 Å². The van der Waals surface area contributed by atoms with Crippen molar-refractivity contribution in [2.45, 2.75) is 0 Å². The van der Waals surface area contributed by atoms with E-state index in [0.29, 0.717) is 39.8 Å². The molecule has 2 aromatic carbocycles. The van der Waals surface area contributed by atoms with E-state index < -0.39 is 5.97 Å². The first-order chi connectivity index (χ1) is 12.4. The Labute approximate surface area is 151 Å².